The number of ether oxygens (including phenoxy) is 1. The van der Waals surface area contributed by atoms with E-state index in [0.717, 1.165) is 5.56 Å². The van der Waals surface area contributed by atoms with E-state index in [-0.39, 0.29) is 11.6 Å². The topological polar surface area (TPSA) is 63.2 Å². The standard InChI is InChI=1S/C20H19N3O2/c1-15-7-9-16(10-8-15)14-22-23-20(24)19-13-18(11-12-21-19)25-17-5-3-2-4-6-17/h2-13,22H,14H2,1H3,(H,23,24). The Hall–Kier alpha value is -3.18. The molecule has 5 heteroatoms. The third-order valence-corrected chi connectivity index (χ3v) is 3.56. The molecule has 0 saturated heterocycles. The summed E-state index contributed by atoms with van der Waals surface area (Å²) in [5, 5.41) is 0. The summed E-state index contributed by atoms with van der Waals surface area (Å²) in [5.74, 6) is 0.952. The largest absolute Gasteiger partial charge is 0.457 e. The number of benzene rings is 2. The number of para-hydroxylation sites is 1. The first-order chi connectivity index (χ1) is 12.2. The Morgan fingerprint density at radius 2 is 1.76 bits per heavy atom. The van der Waals surface area contributed by atoms with Gasteiger partial charge in [-0.3, -0.25) is 15.2 Å². The molecule has 0 bridgehead atoms. The van der Waals surface area contributed by atoms with Crippen molar-refractivity contribution in [3.8, 4) is 11.5 Å². The zero-order chi connectivity index (χ0) is 17.5. The molecule has 0 saturated carbocycles. The summed E-state index contributed by atoms with van der Waals surface area (Å²) in [6.07, 6.45) is 1.55. The van der Waals surface area contributed by atoms with Crippen LogP contribution in [0.4, 0.5) is 0 Å². The molecule has 1 amide bonds. The number of aromatic nitrogens is 1. The predicted octanol–water partition coefficient (Wildman–Crippen LogP) is 3.62. The van der Waals surface area contributed by atoms with Crippen LogP contribution < -0.4 is 15.6 Å². The van der Waals surface area contributed by atoms with Crippen LogP contribution >= 0.6 is 0 Å². The molecule has 3 aromatic rings. The van der Waals surface area contributed by atoms with E-state index >= 15 is 0 Å². The highest BCUT2D eigenvalue weighted by Gasteiger charge is 2.08. The molecule has 5 nitrogen and oxygen atoms in total. The quantitative estimate of drug-likeness (QED) is 0.676. The van der Waals surface area contributed by atoms with Crippen LogP contribution in [0.2, 0.25) is 0 Å². The fourth-order valence-electron chi connectivity index (χ4n) is 2.22. The molecule has 2 aromatic carbocycles. The molecule has 25 heavy (non-hydrogen) atoms. The number of carbonyl (C=O) groups is 1. The number of rotatable bonds is 6. The highest BCUT2D eigenvalue weighted by atomic mass is 16.5. The van der Waals surface area contributed by atoms with Crippen LogP contribution in [0.15, 0.2) is 72.9 Å². The number of nitrogens with one attached hydrogen (secondary N) is 2. The third-order valence-electron chi connectivity index (χ3n) is 3.56. The number of amides is 1. The number of carbonyl (C=O) groups excluding carboxylic acids is 1. The van der Waals surface area contributed by atoms with Gasteiger partial charge in [0.1, 0.15) is 17.2 Å². The van der Waals surface area contributed by atoms with Crippen molar-refractivity contribution in [2.45, 2.75) is 13.5 Å². The Kier molecular flexibility index (Phi) is 5.39. The second-order valence-electron chi connectivity index (χ2n) is 5.59. The molecule has 0 unspecified atom stereocenters. The number of aryl methyl sites for hydroxylation is 1. The summed E-state index contributed by atoms with van der Waals surface area (Å²) in [6.45, 7) is 2.57. The van der Waals surface area contributed by atoms with E-state index in [0.29, 0.717) is 18.0 Å². The van der Waals surface area contributed by atoms with Gasteiger partial charge in [-0.25, -0.2) is 5.43 Å². The van der Waals surface area contributed by atoms with Gasteiger partial charge in [0, 0.05) is 18.8 Å². The molecule has 0 fully saturated rings. The van der Waals surface area contributed by atoms with Crippen LogP contribution in [0.5, 0.6) is 11.5 Å². The van der Waals surface area contributed by atoms with Crippen molar-refractivity contribution in [3.05, 3.63) is 89.7 Å². The lowest BCUT2D eigenvalue weighted by molar-refractivity contribution is 0.0927. The average molecular weight is 333 g/mol. The van der Waals surface area contributed by atoms with Gasteiger partial charge in [-0.05, 0) is 30.7 Å². The van der Waals surface area contributed by atoms with Crippen molar-refractivity contribution < 1.29 is 9.53 Å². The maximum atomic E-state index is 12.2. The summed E-state index contributed by atoms with van der Waals surface area (Å²) in [6, 6.07) is 20.8. The Bertz CT molecular complexity index is 833. The fraction of sp³-hybridized carbons (Fsp3) is 0.100. The first-order valence-electron chi connectivity index (χ1n) is 7.98. The first kappa shape index (κ1) is 16.7. The van der Waals surface area contributed by atoms with Crippen molar-refractivity contribution in [3.63, 3.8) is 0 Å². The minimum Gasteiger partial charge on any atom is -0.457 e. The molecule has 1 aromatic heterocycles. The van der Waals surface area contributed by atoms with Gasteiger partial charge < -0.3 is 4.74 Å². The number of hydrogen-bond donors (Lipinski definition) is 2. The minimum absolute atomic E-state index is 0.282. The maximum Gasteiger partial charge on any atom is 0.284 e. The second-order valence-corrected chi connectivity index (χ2v) is 5.59. The van der Waals surface area contributed by atoms with Crippen LogP contribution in [0.1, 0.15) is 21.6 Å². The molecule has 0 aliphatic rings. The van der Waals surface area contributed by atoms with Gasteiger partial charge in [0.25, 0.3) is 5.91 Å². The first-order valence-corrected chi connectivity index (χ1v) is 7.98. The van der Waals surface area contributed by atoms with Gasteiger partial charge in [0.05, 0.1) is 0 Å². The minimum atomic E-state index is -0.314. The van der Waals surface area contributed by atoms with Gasteiger partial charge >= 0.3 is 0 Å². The fourth-order valence-corrected chi connectivity index (χ4v) is 2.22. The maximum absolute atomic E-state index is 12.2. The summed E-state index contributed by atoms with van der Waals surface area (Å²) in [5.41, 5.74) is 8.12. The molecule has 0 radical (unpaired) electrons. The molecular weight excluding hydrogens is 314 g/mol. The molecule has 126 valence electrons. The zero-order valence-electron chi connectivity index (χ0n) is 13.9. The van der Waals surface area contributed by atoms with Crippen LogP contribution in [0.3, 0.4) is 0 Å². The lowest BCUT2D eigenvalue weighted by Gasteiger charge is -2.09. The van der Waals surface area contributed by atoms with Crippen LogP contribution in [-0.4, -0.2) is 10.9 Å². The van der Waals surface area contributed by atoms with Gasteiger partial charge in [0.2, 0.25) is 0 Å². The van der Waals surface area contributed by atoms with E-state index in [1.165, 1.54) is 5.56 Å². The molecule has 2 N–H and O–H groups in total. The molecule has 0 atom stereocenters. The second kappa shape index (κ2) is 8.08. The predicted molar refractivity (Wildman–Crippen MR) is 96.2 cm³/mol. The summed E-state index contributed by atoms with van der Waals surface area (Å²) >= 11 is 0. The van der Waals surface area contributed by atoms with E-state index in [2.05, 4.69) is 15.8 Å². The highest BCUT2D eigenvalue weighted by molar-refractivity contribution is 5.92. The number of pyridine rings is 1. The molecule has 0 aliphatic carbocycles. The van der Waals surface area contributed by atoms with E-state index in [1.807, 2.05) is 61.5 Å². The van der Waals surface area contributed by atoms with Crippen molar-refractivity contribution in [2.24, 2.45) is 0 Å². The van der Waals surface area contributed by atoms with Crippen LogP contribution in [0, 0.1) is 6.92 Å². The Labute approximate surface area is 146 Å². The van der Waals surface area contributed by atoms with Gasteiger partial charge in [-0.1, -0.05) is 48.0 Å². The molecule has 0 spiro atoms. The summed E-state index contributed by atoms with van der Waals surface area (Å²) < 4.78 is 5.71. The van der Waals surface area contributed by atoms with Crippen LogP contribution in [-0.2, 0) is 6.54 Å². The molecule has 1 heterocycles. The van der Waals surface area contributed by atoms with E-state index < -0.39 is 0 Å². The smallest absolute Gasteiger partial charge is 0.284 e. The molecule has 3 rings (SSSR count). The summed E-state index contributed by atoms with van der Waals surface area (Å²) in [7, 11) is 0. The Morgan fingerprint density at radius 1 is 1.00 bits per heavy atom. The van der Waals surface area contributed by atoms with E-state index in [4.69, 9.17) is 4.74 Å². The lowest BCUT2D eigenvalue weighted by Crippen LogP contribution is -2.37. The lowest BCUT2D eigenvalue weighted by atomic mass is 10.1. The van der Waals surface area contributed by atoms with Crippen LogP contribution in [0.25, 0.3) is 0 Å². The number of nitrogens with zero attached hydrogens (tertiary/aromatic N) is 1. The van der Waals surface area contributed by atoms with Gasteiger partial charge in [0.15, 0.2) is 0 Å². The Balaban J connectivity index is 1.56. The van der Waals surface area contributed by atoms with E-state index in [9.17, 15) is 4.79 Å². The van der Waals surface area contributed by atoms with Gasteiger partial charge in [-0.15, -0.1) is 0 Å². The number of hydrazine groups is 1. The Morgan fingerprint density at radius 3 is 2.52 bits per heavy atom. The van der Waals surface area contributed by atoms with Crippen molar-refractivity contribution in [1.29, 1.82) is 0 Å². The molecular formula is C20H19N3O2. The molecule has 0 aliphatic heterocycles. The third kappa shape index (κ3) is 4.89. The van der Waals surface area contributed by atoms with Gasteiger partial charge in [-0.2, -0.15) is 0 Å². The van der Waals surface area contributed by atoms with Crippen molar-refractivity contribution >= 4 is 5.91 Å². The highest BCUT2D eigenvalue weighted by Crippen LogP contribution is 2.20. The summed E-state index contributed by atoms with van der Waals surface area (Å²) in [4.78, 5) is 16.3. The number of hydrogen-bond acceptors (Lipinski definition) is 4. The normalized spacial score (nSPS) is 10.3. The van der Waals surface area contributed by atoms with Crippen molar-refractivity contribution in [1.82, 2.24) is 15.8 Å². The SMILES string of the molecule is Cc1ccc(CNNC(=O)c2cc(Oc3ccccc3)ccn2)cc1. The van der Waals surface area contributed by atoms with E-state index in [1.54, 1.807) is 18.3 Å². The average Bonchev–Trinajstić information content (AvgIpc) is 2.64. The van der Waals surface area contributed by atoms with Crippen molar-refractivity contribution in [2.75, 3.05) is 0 Å². The zero-order valence-corrected chi connectivity index (χ0v) is 13.9. The monoisotopic (exact) mass is 333 g/mol.